The highest BCUT2D eigenvalue weighted by Gasteiger charge is 2.38. The first-order valence-electron chi connectivity index (χ1n) is 6.83. The third kappa shape index (κ3) is 3.89. The van der Waals surface area contributed by atoms with Gasteiger partial charge in [0.05, 0.1) is 5.02 Å². The summed E-state index contributed by atoms with van der Waals surface area (Å²) in [4.78, 5) is -0.244. The van der Waals surface area contributed by atoms with Gasteiger partial charge in [-0.15, -0.1) is 11.6 Å². The van der Waals surface area contributed by atoms with E-state index in [0.29, 0.717) is 18.8 Å². The summed E-state index contributed by atoms with van der Waals surface area (Å²) in [5.41, 5.74) is -0.687. The quantitative estimate of drug-likeness (QED) is 0.833. The van der Waals surface area contributed by atoms with E-state index in [1.807, 2.05) is 0 Å². The van der Waals surface area contributed by atoms with Gasteiger partial charge in [-0.05, 0) is 37.0 Å². The molecule has 0 amide bonds. The van der Waals surface area contributed by atoms with Crippen molar-refractivity contribution in [1.82, 2.24) is 4.72 Å². The SMILES string of the molecule is CC1CCCC(CCl)(NS(=O)(=O)c2cc(F)ccc2Cl)C1. The lowest BCUT2D eigenvalue weighted by Gasteiger charge is -2.39. The molecular weight excluding hydrogens is 336 g/mol. The Morgan fingerprint density at radius 2 is 2.19 bits per heavy atom. The lowest BCUT2D eigenvalue weighted by Crippen LogP contribution is -2.52. The molecule has 2 unspecified atom stereocenters. The Morgan fingerprint density at radius 1 is 1.48 bits per heavy atom. The Kier molecular flexibility index (Phi) is 5.19. The highest BCUT2D eigenvalue weighted by molar-refractivity contribution is 7.89. The molecule has 1 fully saturated rings. The lowest BCUT2D eigenvalue weighted by molar-refractivity contribution is 0.239. The summed E-state index contributed by atoms with van der Waals surface area (Å²) in [6, 6.07) is 3.29. The molecule has 0 spiro atoms. The van der Waals surface area contributed by atoms with E-state index in [4.69, 9.17) is 23.2 Å². The maximum absolute atomic E-state index is 13.3. The summed E-state index contributed by atoms with van der Waals surface area (Å²) >= 11 is 11.9. The second kappa shape index (κ2) is 6.41. The average Bonchev–Trinajstić information content (AvgIpc) is 2.41. The summed E-state index contributed by atoms with van der Waals surface area (Å²) in [6.45, 7) is 2.07. The van der Waals surface area contributed by atoms with Gasteiger partial charge in [0.15, 0.2) is 0 Å². The zero-order valence-corrected chi connectivity index (χ0v) is 14.0. The molecule has 7 heteroatoms. The molecule has 0 heterocycles. The topological polar surface area (TPSA) is 46.2 Å². The highest BCUT2D eigenvalue weighted by atomic mass is 35.5. The van der Waals surface area contributed by atoms with Crippen LogP contribution in [0.1, 0.15) is 32.6 Å². The molecule has 1 aromatic carbocycles. The van der Waals surface area contributed by atoms with Crippen LogP contribution in [-0.4, -0.2) is 19.8 Å². The smallest absolute Gasteiger partial charge is 0.207 e. The predicted molar refractivity (Wildman–Crippen MR) is 82.8 cm³/mol. The van der Waals surface area contributed by atoms with Gasteiger partial charge in [-0.2, -0.15) is 0 Å². The number of hydrogen-bond acceptors (Lipinski definition) is 2. The largest absolute Gasteiger partial charge is 0.242 e. The molecular formula is C14H18Cl2FNO2S. The van der Waals surface area contributed by atoms with Crippen molar-refractivity contribution < 1.29 is 12.8 Å². The molecule has 21 heavy (non-hydrogen) atoms. The number of sulfonamides is 1. The van der Waals surface area contributed by atoms with E-state index >= 15 is 0 Å². The van der Waals surface area contributed by atoms with E-state index in [1.165, 1.54) is 6.07 Å². The van der Waals surface area contributed by atoms with Gasteiger partial charge >= 0.3 is 0 Å². The Labute approximate surface area is 134 Å². The summed E-state index contributed by atoms with van der Waals surface area (Å²) in [6.07, 6.45) is 3.31. The van der Waals surface area contributed by atoms with Crippen LogP contribution in [0.15, 0.2) is 23.1 Å². The first-order valence-corrected chi connectivity index (χ1v) is 9.22. The maximum Gasteiger partial charge on any atom is 0.242 e. The second-order valence-electron chi connectivity index (χ2n) is 5.80. The normalized spacial score (nSPS) is 26.8. The molecule has 118 valence electrons. The number of hydrogen-bond donors (Lipinski definition) is 1. The molecule has 0 aliphatic heterocycles. The molecule has 1 aliphatic carbocycles. The molecule has 1 saturated carbocycles. The summed E-state index contributed by atoms with van der Waals surface area (Å²) < 4.78 is 41.0. The number of benzene rings is 1. The van der Waals surface area contributed by atoms with Gasteiger partial charge in [0.25, 0.3) is 0 Å². The van der Waals surface area contributed by atoms with Crippen molar-refractivity contribution in [2.45, 2.75) is 43.0 Å². The summed E-state index contributed by atoms with van der Waals surface area (Å²) in [5, 5.41) is -0.00233. The molecule has 1 aromatic rings. The third-order valence-corrected chi connectivity index (χ3v) is 6.45. The molecule has 2 atom stereocenters. The fourth-order valence-corrected chi connectivity index (χ4v) is 5.27. The maximum atomic E-state index is 13.3. The summed E-state index contributed by atoms with van der Waals surface area (Å²) in [5.74, 6) is -0.0661. The van der Waals surface area contributed by atoms with E-state index < -0.39 is 21.4 Å². The monoisotopic (exact) mass is 353 g/mol. The fraction of sp³-hybridized carbons (Fsp3) is 0.571. The zero-order valence-electron chi connectivity index (χ0n) is 11.7. The van der Waals surface area contributed by atoms with E-state index in [-0.39, 0.29) is 15.8 Å². The minimum Gasteiger partial charge on any atom is -0.207 e. The summed E-state index contributed by atoms with van der Waals surface area (Å²) in [7, 11) is -3.91. The fourth-order valence-electron chi connectivity index (χ4n) is 2.92. The number of alkyl halides is 1. The van der Waals surface area contributed by atoms with Crippen molar-refractivity contribution >= 4 is 33.2 Å². The second-order valence-corrected chi connectivity index (χ2v) is 8.12. The Bertz CT molecular complexity index is 623. The van der Waals surface area contributed by atoms with Crippen LogP contribution in [0.25, 0.3) is 0 Å². The Balaban J connectivity index is 2.33. The molecule has 0 bridgehead atoms. The van der Waals surface area contributed by atoms with Crippen LogP contribution in [0.5, 0.6) is 0 Å². The molecule has 3 nitrogen and oxygen atoms in total. The molecule has 1 N–H and O–H groups in total. The van der Waals surface area contributed by atoms with Crippen LogP contribution in [0, 0.1) is 11.7 Å². The number of rotatable bonds is 4. The first kappa shape index (κ1) is 17.0. The van der Waals surface area contributed by atoms with Gasteiger partial charge in [-0.1, -0.05) is 31.4 Å². The van der Waals surface area contributed by atoms with Crippen molar-refractivity contribution in [2.75, 3.05) is 5.88 Å². The lowest BCUT2D eigenvalue weighted by atomic mass is 9.78. The van der Waals surface area contributed by atoms with Crippen molar-refractivity contribution in [3.8, 4) is 0 Å². The van der Waals surface area contributed by atoms with Gasteiger partial charge in [-0.3, -0.25) is 0 Å². The van der Waals surface area contributed by atoms with Gasteiger partial charge in [0.2, 0.25) is 10.0 Å². The molecule has 0 saturated heterocycles. The van der Waals surface area contributed by atoms with Gasteiger partial charge in [-0.25, -0.2) is 17.5 Å². The van der Waals surface area contributed by atoms with Crippen LogP contribution in [0.3, 0.4) is 0 Å². The number of nitrogens with one attached hydrogen (secondary N) is 1. The minimum atomic E-state index is -3.91. The third-order valence-electron chi connectivity index (χ3n) is 3.88. The Morgan fingerprint density at radius 3 is 2.81 bits per heavy atom. The Hall–Kier alpha value is -0.360. The van der Waals surface area contributed by atoms with Crippen LogP contribution in [0.2, 0.25) is 5.02 Å². The van der Waals surface area contributed by atoms with Crippen LogP contribution in [-0.2, 0) is 10.0 Å². The van der Waals surface area contributed by atoms with Crippen LogP contribution >= 0.6 is 23.2 Å². The van der Waals surface area contributed by atoms with E-state index in [0.717, 1.165) is 25.0 Å². The minimum absolute atomic E-state index is 0.00233. The van der Waals surface area contributed by atoms with E-state index in [9.17, 15) is 12.8 Å². The molecule has 0 radical (unpaired) electrons. The zero-order chi connectivity index (χ0) is 15.7. The highest BCUT2D eigenvalue weighted by Crippen LogP contribution is 2.35. The van der Waals surface area contributed by atoms with E-state index in [2.05, 4.69) is 11.6 Å². The van der Waals surface area contributed by atoms with Crippen molar-refractivity contribution in [1.29, 1.82) is 0 Å². The van der Waals surface area contributed by atoms with Gasteiger partial charge in [0.1, 0.15) is 10.7 Å². The van der Waals surface area contributed by atoms with Crippen molar-refractivity contribution in [3.63, 3.8) is 0 Å². The standard InChI is InChI=1S/C14H18Cl2FNO2S/c1-10-3-2-6-14(8-10,9-15)18-21(19,20)13-7-11(17)4-5-12(13)16/h4-5,7,10,18H,2-3,6,8-9H2,1H3. The van der Waals surface area contributed by atoms with Crippen LogP contribution in [0.4, 0.5) is 4.39 Å². The molecule has 1 aliphatic rings. The predicted octanol–water partition coefficient (Wildman–Crippen LogP) is 3.95. The van der Waals surface area contributed by atoms with Crippen molar-refractivity contribution in [2.24, 2.45) is 5.92 Å². The van der Waals surface area contributed by atoms with Gasteiger partial charge in [0, 0.05) is 11.4 Å². The van der Waals surface area contributed by atoms with Crippen molar-refractivity contribution in [3.05, 3.63) is 29.0 Å². The molecule has 2 rings (SSSR count). The number of halogens is 3. The van der Waals surface area contributed by atoms with Gasteiger partial charge < -0.3 is 0 Å². The first-order chi connectivity index (χ1) is 9.78. The average molecular weight is 354 g/mol. The van der Waals surface area contributed by atoms with Crippen LogP contribution < -0.4 is 4.72 Å². The molecule has 0 aromatic heterocycles. The van der Waals surface area contributed by atoms with E-state index in [1.54, 1.807) is 0 Å².